The van der Waals surface area contributed by atoms with Crippen LogP contribution in [0.5, 0.6) is 0 Å². The number of hydrogen-bond donors (Lipinski definition) is 1. The molecule has 1 atom stereocenters. The number of aryl methyl sites for hydroxylation is 1. The molecule has 3 aromatic rings. The molecule has 5 nitrogen and oxygen atoms in total. The first-order valence-corrected chi connectivity index (χ1v) is 11.0. The molecule has 4 rings (SSSR count). The lowest BCUT2D eigenvalue weighted by atomic mass is 10.2. The minimum absolute atomic E-state index is 0.0809. The van der Waals surface area contributed by atoms with Crippen LogP contribution >= 0.6 is 23.4 Å². The van der Waals surface area contributed by atoms with Gasteiger partial charge in [0.1, 0.15) is 5.82 Å². The average Bonchev–Trinajstić information content (AvgIpc) is 3.48. The molecule has 1 amide bonds. The van der Waals surface area contributed by atoms with Crippen molar-refractivity contribution >= 4 is 35.0 Å². The number of nitrogens with one attached hydrogen (secondary N) is 1. The quantitative estimate of drug-likeness (QED) is 0.522. The highest BCUT2D eigenvalue weighted by molar-refractivity contribution is 8.00. The van der Waals surface area contributed by atoms with Crippen LogP contribution in [0.2, 0.25) is 5.02 Å². The molecule has 0 bridgehead atoms. The maximum Gasteiger partial charge on any atom is 0.237 e. The van der Waals surface area contributed by atoms with Gasteiger partial charge in [0.2, 0.25) is 5.91 Å². The molecule has 0 radical (unpaired) electrons. The smallest absolute Gasteiger partial charge is 0.237 e. The van der Waals surface area contributed by atoms with E-state index in [1.807, 2.05) is 44.2 Å². The summed E-state index contributed by atoms with van der Waals surface area (Å²) in [5.41, 5.74) is 2.91. The monoisotopic (exact) mass is 426 g/mol. The highest BCUT2D eigenvalue weighted by Gasteiger charge is 2.31. The molecule has 1 unspecified atom stereocenters. The van der Waals surface area contributed by atoms with Crippen LogP contribution in [-0.2, 0) is 11.3 Å². The lowest BCUT2D eigenvalue weighted by Crippen LogP contribution is -2.23. The zero-order valence-corrected chi connectivity index (χ0v) is 18.0. The second-order valence-corrected chi connectivity index (χ2v) is 9.14. The normalized spacial score (nSPS) is 14.6. The van der Waals surface area contributed by atoms with Gasteiger partial charge in [-0.3, -0.25) is 4.79 Å². The highest BCUT2D eigenvalue weighted by Crippen LogP contribution is 2.40. The molecule has 1 heterocycles. The van der Waals surface area contributed by atoms with Crippen molar-refractivity contribution in [2.24, 2.45) is 0 Å². The van der Waals surface area contributed by atoms with E-state index < -0.39 is 0 Å². The summed E-state index contributed by atoms with van der Waals surface area (Å²) in [6.07, 6.45) is 2.31. The molecule has 150 valence electrons. The molecule has 1 fully saturated rings. The van der Waals surface area contributed by atoms with Gasteiger partial charge in [-0.15, -0.1) is 10.2 Å². The van der Waals surface area contributed by atoms with Crippen LogP contribution in [-0.4, -0.2) is 25.9 Å². The number of nitrogens with zero attached hydrogens (tertiary/aromatic N) is 3. The Morgan fingerprint density at radius 3 is 2.72 bits per heavy atom. The maximum absolute atomic E-state index is 12.8. The topological polar surface area (TPSA) is 59.8 Å². The second kappa shape index (κ2) is 8.59. The van der Waals surface area contributed by atoms with Crippen LogP contribution in [0, 0.1) is 6.92 Å². The van der Waals surface area contributed by atoms with Crippen molar-refractivity contribution in [3.8, 4) is 0 Å². The summed E-state index contributed by atoms with van der Waals surface area (Å²) in [4.78, 5) is 12.8. The first kappa shape index (κ1) is 20.0. The van der Waals surface area contributed by atoms with Crippen molar-refractivity contribution in [1.82, 2.24) is 14.8 Å². The van der Waals surface area contributed by atoms with E-state index in [1.54, 1.807) is 6.07 Å². The van der Waals surface area contributed by atoms with Gasteiger partial charge >= 0.3 is 0 Å². The van der Waals surface area contributed by atoms with E-state index >= 15 is 0 Å². The van der Waals surface area contributed by atoms with Crippen LogP contribution in [0.25, 0.3) is 0 Å². The van der Waals surface area contributed by atoms with E-state index in [2.05, 4.69) is 32.2 Å². The molecule has 0 spiro atoms. The molecule has 1 aliphatic rings. The summed E-state index contributed by atoms with van der Waals surface area (Å²) in [7, 11) is 0. The van der Waals surface area contributed by atoms with E-state index in [0.717, 1.165) is 35.1 Å². The molecule has 0 saturated heterocycles. The number of carbonyl (C=O) groups excluding carboxylic acids is 1. The Labute approximate surface area is 179 Å². The minimum Gasteiger partial charge on any atom is -0.325 e. The largest absolute Gasteiger partial charge is 0.325 e. The molecule has 29 heavy (non-hydrogen) atoms. The molecular formula is C22H23ClN4OS. The van der Waals surface area contributed by atoms with Crippen molar-refractivity contribution in [2.45, 2.75) is 49.6 Å². The summed E-state index contributed by atoms with van der Waals surface area (Å²) in [6.45, 7) is 4.55. The maximum atomic E-state index is 12.8. The molecule has 0 aliphatic heterocycles. The predicted octanol–water partition coefficient (Wildman–Crippen LogP) is 5.28. The number of anilines is 1. The van der Waals surface area contributed by atoms with Gasteiger partial charge in [-0.25, -0.2) is 0 Å². The Kier molecular flexibility index (Phi) is 5.92. The number of carbonyl (C=O) groups is 1. The average molecular weight is 427 g/mol. The van der Waals surface area contributed by atoms with E-state index in [1.165, 1.54) is 17.3 Å². The number of hydrogen-bond acceptors (Lipinski definition) is 4. The summed E-state index contributed by atoms with van der Waals surface area (Å²) in [5.74, 6) is 1.43. The van der Waals surface area contributed by atoms with E-state index in [-0.39, 0.29) is 11.2 Å². The Balaban J connectivity index is 1.51. The predicted molar refractivity (Wildman–Crippen MR) is 118 cm³/mol. The standard InChI is InChI=1S/C22H23ClN4OS/c1-14-8-11-18(23)12-19(14)24-21(28)15(2)29-22-26-25-20(17-9-10-17)27(22)13-16-6-4-3-5-7-16/h3-8,11-12,15,17H,9-10,13H2,1-2H3,(H,24,28). The van der Waals surface area contributed by atoms with Crippen LogP contribution in [0.3, 0.4) is 0 Å². The number of benzene rings is 2. The minimum atomic E-state index is -0.320. The summed E-state index contributed by atoms with van der Waals surface area (Å²) in [5, 5.41) is 12.9. The SMILES string of the molecule is Cc1ccc(Cl)cc1NC(=O)C(C)Sc1nnc(C2CC2)n1Cc1ccccc1. The van der Waals surface area contributed by atoms with E-state index in [0.29, 0.717) is 17.5 Å². The Hall–Kier alpha value is -2.31. The number of halogens is 1. The van der Waals surface area contributed by atoms with Crippen molar-refractivity contribution in [3.05, 3.63) is 70.5 Å². The van der Waals surface area contributed by atoms with Gasteiger partial charge in [-0.2, -0.15) is 0 Å². The van der Waals surface area contributed by atoms with E-state index in [9.17, 15) is 4.79 Å². The molecular weight excluding hydrogens is 404 g/mol. The van der Waals surface area contributed by atoms with Crippen LogP contribution in [0.15, 0.2) is 53.7 Å². The first-order chi connectivity index (χ1) is 14.0. The molecule has 1 aromatic heterocycles. The number of thioether (sulfide) groups is 1. The molecule has 7 heteroatoms. The van der Waals surface area contributed by atoms with Gasteiger partial charge in [0, 0.05) is 16.6 Å². The lowest BCUT2D eigenvalue weighted by molar-refractivity contribution is -0.115. The van der Waals surface area contributed by atoms with Crippen molar-refractivity contribution in [1.29, 1.82) is 0 Å². The van der Waals surface area contributed by atoms with Gasteiger partial charge in [0.15, 0.2) is 5.16 Å². The van der Waals surface area contributed by atoms with Gasteiger partial charge in [0.05, 0.1) is 11.8 Å². The van der Waals surface area contributed by atoms with Crippen molar-refractivity contribution in [2.75, 3.05) is 5.32 Å². The number of aromatic nitrogens is 3. The molecule has 1 N–H and O–H groups in total. The lowest BCUT2D eigenvalue weighted by Gasteiger charge is -2.15. The fraction of sp³-hybridized carbons (Fsp3) is 0.318. The fourth-order valence-corrected chi connectivity index (χ4v) is 4.15. The second-order valence-electron chi connectivity index (χ2n) is 7.40. The van der Waals surface area contributed by atoms with Gasteiger partial charge in [-0.1, -0.05) is 59.8 Å². The zero-order valence-electron chi connectivity index (χ0n) is 16.4. The van der Waals surface area contributed by atoms with Crippen LogP contribution in [0.1, 0.15) is 42.6 Å². The third-order valence-corrected chi connectivity index (χ3v) is 6.30. The number of amides is 1. The van der Waals surface area contributed by atoms with Crippen molar-refractivity contribution < 1.29 is 4.79 Å². The highest BCUT2D eigenvalue weighted by atomic mass is 35.5. The van der Waals surface area contributed by atoms with Crippen LogP contribution < -0.4 is 5.32 Å². The van der Waals surface area contributed by atoms with E-state index in [4.69, 9.17) is 11.6 Å². The molecule has 1 aliphatic carbocycles. The summed E-state index contributed by atoms with van der Waals surface area (Å²) < 4.78 is 2.16. The Bertz CT molecular complexity index is 1020. The third kappa shape index (κ3) is 4.82. The summed E-state index contributed by atoms with van der Waals surface area (Å²) in [6, 6.07) is 15.8. The van der Waals surface area contributed by atoms with Crippen molar-refractivity contribution in [3.63, 3.8) is 0 Å². The first-order valence-electron chi connectivity index (χ1n) is 9.72. The van der Waals surface area contributed by atoms with Crippen LogP contribution in [0.4, 0.5) is 5.69 Å². The van der Waals surface area contributed by atoms with Gasteiger partial charge in [0.25, 0.3) is 0 Å². The zero-order chi connectivity index (χ0) is 20.4. The van der Waals surface area contributed by atoms with Gasteiger partial charge < -0.3 is 9.88 Å². The number of rotatable bonds is 7. The Morgan fingerprint density at radius 2 is 2.00 bits per heavy atom. The Morgan fingerprint density at radius 1 is 1.24 bits per heavy atom. The summed E-state index contributed by atoms with van der Waals surface area (Å²) >= 11 is 7.50. The fourth-order valence-electron chi connectivity index (χ4n) is 3.12. The molecule has 1 saturated carbocycles. The molecule has 2 aromatic carbocycles. The third-order valence-electron chi connectivity index (χ3n) is 4.98. The van der Waals surface area contributed by atoms with Gasteiger partial charge in [-0.05, 0) is 49.9 Å².